The van der Waals surface area contributed by atoms with Gasteiger partial charge in [0.2, 0.25) is 5.91 Å². The molecule has 2 atom stereocenters. The van der Waals surface area contributed by atoms with Crippen molar-refractivity contribution >= 4 is 17.2 Å². The van der Waals surface area contributed by atoms with Gasteiger partial charge in [-0.2, -0.15) is 16.4 Å². The zero-order chi connectivity index (χ0) is 17.2. The topological polar surface area (TPSA) is 73.9 Å². The lowest BCUT2D eigenvalue weighted by Crippen LogP contribution is -2.42. The molecule has 4 rings (SSSR count). The number of nitrogens with zero attached hydrogens (tertiary/aromatic N) is 3. The molecule has 0 radical (unpaired) electrons. The number of carbonyl (C=O) groups is 1. The molecule has 1 amide bonds. The Morgan fingerprint density at radius 1 is 1.40 bits per heavy atom. The lowest BCUT2D eigenvalue weighted by Gasteiger charge is -2.20. The van der Waals surface area contributed by atoms with E-state index in [-0.39, 0.29) is 23.8 Å². The molecule has 0 unspecified atom stereocenters. The summed E-state index contributed by atoms with van der Waals surface area (Å²) in [6, 6.07) is 2.25. The molecule has 1 aliphatic heterocycles. The highest BCUT2D eigenvalue weighted by Gasteiger charge is 2.38. The zero-order valence-corrected chi connectivity index (χ0v) is 15.4. The molecule has 2 aromatic rings. The second-order valence-corrected chi connectivity index (χ2v) is 8.09. The summed E-state index contributed by atoms with van der Waals surface area (Å²) in [5.74, 6) is 2.21. The molecule has 25 heavy (non-hydrogen) atoms. The van der Waals surface area contributed by atoms with Crippen LogP contribution in [0.4, 0.5) is 0 Å². The van der Waals surface area contributed by atoms with Gasteiger partial charge in [-0.3, -0.25) is 14.8 Å². The maximum Gasteiger partial charge on any atom is 0.223 e. The average Bonchev–Trinajstić information content (AvgIpc) is 3.34. The highest BCUT2D eigenvalue weighted by Crippen LogP contribution is 2.29. The van der Waals surface area contributed by atoms with Gasteiger partial charge in [-0.15, -0.1) is 0 Å². The Balaban J connectivity index is 1.47. The fourth-order valence-electron chi connectivity index (χ4n) is 4.08. The van der Waals surface area contributed by atoms with Crippen LogP contribution in [-0.4, -0.2) is 45.1 Å². The molecule has 134 valence electrons. The Hall–Kier alpha value is -1.73. The third-order valence-electron chi connectivity index (χ3n) is 5.38. The van der Waals surface area contributed by atoms with Crippen molar-refractivity contribution in [3.63, 3.8) is 0 Å². The van der Waals surface area contributed by atoms with E-state index in [4.69, 9.17) is 0 Å². The van der Waals surface area contributed by atoms with Crippen LogP contribution in [0.3, 0.4) is 0 Å². The fraction of sp³-hybridized carbons (Fsp3) is 0.611. The molecule has 1 saturated heterocycles. The third-order valence-corrected chi connectivity index (χ3v) is 6.11. The standard InChI is InChI=1S/C18H25N5OS/c1-12-19-17(22-21-12)15-9-23(8-13-6-7-25-11-13)10-16(15)20-18(24)14-4-2-3-5-14/h6-7,11,14-16H,2-5,8-10H2,1H3,(H,20,24)(H,19,21,22)/t15-,16-/m1/s1. The minimum Gasteiger partial charge on any atom is -0.351 e. The summed E-state index contributed by atoms with van der Waals surface area (Å²) in [7, 11) is 0. The van der Waals surface area contributed by atoms with E-state index < -0.39 is 0 Å². The van der Waals surface area contributed by atoms with Crippen molar-refractivity contribution in [3.8, 4) is 0 Å². The van der Waals surface area contributed by atoms with Gasteiger partial charge in [0.15, 0.2) is 5.82 Å². The van der Waals surface area contributed by atoms with Crippen LogP contribution in [0, 0.1) is 12.8 Å². The number of likely N-dealkylation sites (tertiary alicyclic amines) is 1. The highest BCUT2D eigenvalue weighted by molar-refractivity contribution is 7.07. The van der Waals surface area contributed by atoms with Gasteiger partial charge in [0, 0.05) is 25.6 Å². The quantitative estimate of drug-likeness (QED) is 0.860. The molecule has 0 spiro atoms. The SMILES string of the molecule is Cc1nc([C@@H]2CN(Cc3ccsc3)C[C@H]2NC(=O)C2CCCC2)n[nH]1. The van der Waals surface area contributed by atoms with Gasteiger partial charge >= 0.3 is 0 Å². The molecular weight excluding hydrogens is 334 g/mol. The molecule has 3 heterocycles. The molecule has 2 N–H and O–H groups in total. The van der Waals surface area contributed by atoms with Crippen LogP contribution >= 0.6 is 11.3 Å². The lowest BCUT2D eigenvalue weighted by atomic mass is 10.0. The van der Waals surface area contributed by atoms with Crippen molar-refractivity contribution in [3.05, 3.63) is 34.0 Å². The van der Waals surface area contributed by atoms with Crippen molar-refractivity contribution in [1.29, 1.82) is 0 Å². The fourth-order valence-corrected chi connectivity index (χ4v) is 4.74. The van der Waals surface area contributed by atoms with Crippen molar-refractivity contribution in [1.82, 2.24) is 25.4 Å². The van der Waals surface area contributed by atoms with Gasteiger partial charge in [0.25, 0.3) is 0 Å². The molecule has 2 aliphatic rings. The molecule has 1 aliphatic carbocycles. The summed E-state index contributed by atoms with van der Waals surface area (Å²) >= 11 is 1.73. The number of nitrogens with one attached hydrogen (secondary N) is 2. The largest absolute Gasteiger partial charge is 0.351 e. The second kappa shape index (κ2) is 7.25. The van der Waals surface area contributed by atoms with Crippen LogP contribution < -0.4 is 5.32 Å². The van der Waals surface area contributed by atoms with E-state index in [0.717, 1.165) is 44.1 Å². The maximum atomic E-state index is 12.6. The summed E-state index contributed by atoms with van der Waals surface area (Å²) in [4.78, 5) is 19.6. The van der Waals surface area contributed by atoms with Gasteiger partial charge < -0.3 is 5.32 Å². The molecule has 1 saturated carbocycles. The average molecular weight is 359 g/mol. The zero-order valence-electron chi connectivity index (χ0n) is 14.6. The Morgan fingerprint density at radius 3 is 2.92 bits per heavy atom. The second-order valence-electron chi connectivity index (χ2n) is 7.31. The van der Waals surface area contributed by atoms with Gasteiger partial charge in [-0.05, 0) is 42.2 Å². The summed E-state index contributed by atoms with van der Waals surface area (Å²) in [6.45, 7) is 4.56. The lowest BCUT2D eigenvalue weighted by molar-refractivity contribution is -0.125. The van der Waals surface area contributed by atoms with E-state index in [1.807, 2.05) is 6.92 Å². The van der Waals surface area contributed by atoms with Crippen LogP contribution in [0.25, 0.3) is 0 Å². The molecule has 0 bridgehead atoms. The Kier molecular flexibility index (Phi) is 4.85. The first kappa shape index (κ1) is 16.7. The summed E-state index contributed by atoms with van der Waals surface area (Å²) in [5, 5.41) is 14.9. The minimum atomic E-state index is 0.0851. The van der Waals surface area contributed by atoms with Crippen LogP contribution in [-0.2, 0) is 11.3 Å². The van der Waals surface area contributed by atoms with E-state index in [2.05, 4.69) is 42.2 Å². The molecule has 6 nitrogen and oxygen atoms in total. The summed E-state index contributed by atoms with van der Waals surface area (Å²) < 4.78 is 0. The van der Waals surface area contributed by atoms with E-state index in [1.54, 1.807) is 11.3 Å². The molecule has 2 aromatic heterocycles. The number of hydrogen-bond acceptors (Lipinski definition) is 5. The first-order valence-corrected chi connectivity index (χ1v) is 10.1. The minimum absolute atomic E-state index is 0.0851. The van der Waals surface area contributed by atoms with Gasteiger partial charge in [-0.25, -0.2) is 4.98 Å². The molecule has 7 heteroatoms. The number of rotatable bonds is 5. The van der Waals surface area contributed by atoms with Crippen molar-refractivity contribution in [2.45, 2.75) is 51.1 Å². The van der Waals surface area contributed by atoms with Gasteiger partial charge in [0.05, 0.1) is 12.0 Å². The number of aryl methyl sites for hydroxylation is 1. The smallest absolute Gasteiger partial charge is 0.223 e. The Labute approximate surface area is 152 Å². The summed E-state index contributed by atoms with van der Waals surface area (Å²) in [6.07, 6.45) is 4.41. The predicted octanol–water partition coefficient (Wildman–Crippen LogP) is 2.45. The number of carbonyl (C=O) groups excluding carboxylic acids is 1. The number of aromatic nitrogens is 3. The van der Waals surface area contributed by atoms with E-state index in [9.17, 15) is 4.79 Å². The molecule has 2 fully saturated rings. The Bertz CT molecular complexity index is 707. The molecular formula is C18H25N5OS. The van der Waals surface area contributed by atoms with Crippen LogP contribution in [0.1, 0.15) is 48.8 Å². The number of H-pyrrole nitrogens is 1. The number of amides is 1. The third kappa shape index (κ3) is 3.77. The number of thiophene rings is 1. The van der Waals surface area contributed by atoms with Crippen molar-refractivity contribution < 1.29 is 4.79 Å². The first-order chi connectivity index (χ1) is 12.2. The molecule has 0 aromatic carbocycles. The van der Waals surface area contributed by atoms with E-state index in [1.165, 1.54) is 18.4 Å². The van der Waals surface area contributed by atoms with Crippen LogP contribution in [0.5, 0.6) is 0 Å². The monoisotopic (exact) mass is 359 g/mol. The summed E-state index contributed by atoms with van der Waals surface area (Å²) in [5.41, 5.74) is 1.33. The van der Waals surface area contributed by atoms with Crippen LogP contribution in [0.2, 0.25) is 0 Å². The maximum absolute atomic E-state index is 12.6. The normalized spacial score (nSPS) is 24.8. The number of aromatic amines is 1. The first-order valence-electron chi connectivity index (χ1n) is 9.12. The predicted molar refractivity (Wildman–Crippen MR) is 97.3 cm³/mol. The van der Waals surface area contributed by atoms with Gasteiger partial charge in [-0.1, -0.05) is 12.8 Å². The van der Waals surface area contributed by atoms with E-state index >= 15 is 0 Å². The van der Waals surface area contributed by atoms with Crippen molar-refractivity contribution in [2.75, 3.05) is 13.1 Å². The van der Waals surface area contributed by atoms with Gasteiger partial charge in [0.1, 0.15) is 5.82 Å². The van der Waals surface area contributed by atoms with Crippen molar-refractivity contribution in [2.24, 2.45) is 5.92 Å². The number of hydrogen-bond donors (Lipinski definition) is 2. The van der Waals surface area contributed by atoms with Crippen LogP contribution in [0.15, 0.2) is 16.8 Å². The van der Waals surface area contributed by atoms with E-state index in [0.29, 0.717) is 0 Å². The Morgan fingerprint density at radius 2 is 2.24 bits per heavy atom. The highest BCUT2D eigenvalue weighted by atomic mass is 32.1.